The zero-order valence-electron chi connectivity index (χ0n) is 23.5. The van der Waals surface area contributed by atoms with Gasteiger partial charge in [0.1, 0.15) is 6.42 Å². The standard InChI is InChI=1S/C30H32N6O6/c1-4-41-27(39)16-26(38)35-21-10-7-9-20(15-21)22-11-5-6-12-23(22)30(32-3,25(37)17-33-29(31)40)42-24-13-8-14-36-18-19(2)34-28(24)36/h5-15,18,32H,4,16-17H2,1-3H3,(H,35,38)(H3,31,33,40). The number of carbonyl (C=O) groups is 4. The SMILES string of the molecule is CCOC(=O)CC(=O)Nc1cccc(-c2ccccc2C(NC)(Oc2cccn3cc(C)nc23)C(=O)CNC(N)=O)c1. The molecule has 4 aromatic rings. The molecule has 218 valence electrons. The summed E-state index contributed by atoms with van der Waals surface area (Å²) in [5.74, 6) is -1.36. The third-order valence-electron chi connectivity index (χ3n) is 6.37. The maximum absolute atomic E-state index is 13.9. The number of benzene rings is 2. The first-order valence-corrected chi connectivity index (χ1v) is 13.2. The van der Waals surface area contributed by atoms with Gasteiger partial charge in [0.25, 0.3) is 0 Å². The lowest BCUT2D eigenvalue weighted by molar-refractivity contribution is -0.145. The number of ether oxygens (including phenoxy) is 2. The Hall–Kier alpha value is -5.23. The van der Waals surface area contributed by atoms with E-state index >= 15 is 0 Å². The molecule has 4 rings (SSSR count). The topological polar surface area (TPSA) is 166 Å². The molecule has 1 unspecified atom stereocenters. The second kappa shape index (κ2) is 13.0. The van der Waals surface area contributed by atoms with Crippen molar-refractivity contribution in [2.24, 2.45) is 5.73 Å². The first-order valence-electron chi connectivity index (χ1n) is 13.2. The van der Waals surface area contributed by atoms with Crippen molar-refractivity contribution >= 4 is 35.0 Å². The number of nitrogens with two attached hydrogens (primary N) is 1. The van der Waals surface area contributed by atoms with Crippen molar-refractivity contribution in [2.45, 2.75) is 26.0 Å². The van der Waals surface area contributed by atoms with Crippen molar-refractivity contribution in [3.05, 3.63) is 84.3 Å². The maximum atomic E-state index is 13.9. The summed E-state index contributed by atoms with van der Waals surface area (Å²) < 4.78 is 13.2. The predicted molar refractivity (Wildman–Crippen MR) is 156 cm³/mol. The van der Waals surface area contributed by atoms with Crippen molar-refractivity contribution < 1.29 is 28.7 Å². The van der Waals surface area contributed by atoms with Crippen molar-refractivity contribution in [3.8, 4) is 16.9 Å². The maximum Gasteiger partial charge on any atom is 0.315 e. The average Bonchev–Trinajstić information content (AvgIpc) is 3.36. The molecule has 2 aromatic heterocycles. The molecule has 12 heteroatoms. The van der Waals surface area contributed by atoms with E-state index in [4.69, 9.17) is 15.2 Å². The monoisotopic (exact) mass is 572 g/mol. The van der Waals surface area contributed by atoms with Gasteiger partial charge in [-0.2, -0.15) is 0 Å². The summed E-state index contributed by atoms with van der Waals surface area (Å²) in [6, 6.07) is 16.6. The number of anilines is 1. The Bertz CT molecular complexity index is 1630. The number of aromatic nitrogens is 2. The van der Waals surface area contributed by atoms with Crippen LogP contribution >= 0.6 is 0 Å². The largest absolute Gasteiger partial charge is 0.466 e. The molecule has 0 bridgehead atoms. The zero-order valence-corrected chi connectivity index (χ0v) is 23.5. The number of carbonyl (C=O) groups excluding carboxylic acids is 4. The van der Waals surface area contributed by atoms with Crippen LogP contribution in [0.5, 0.6) is 5.75 Å². The molecule has 0 spiro atoms. The molecule has 0 radical (unpaired) electrons. The number of likely N-dealkylation sites (N-methyl/N-ethyl adjacent to an activating group) is 1. The number of urea groups is 1. The van der Waals surface area contributed by atoms with Crippen molar-refractivity contribution in [1.82, 2.24) is 20.0 Å². The Labute approximate surface area is 242 Å². The molecular weight excluding hydrogens is 540 g/mol. The molecule has 2 aromatic carbocycles. The first-order chi connectivity index (χ1) is 20.2. The minimum absolute atomic E-state index is 0.177. The Kier molecular flexibility index (Phi) is 9.18. The fourth-order valence-corrected chi connectivity index (χ4v) is 4.59. The summed E-state index contributed by atoms with van der Waals surface area (Å²) in [5, 5.41) is 8.11. The van der Waals surface area contributed by atoms with Gasteiger partial charge in [-0.15, -0.1) is 0 Å². The molecule has 0 aliphatic heterocycles. The highest BCUT2D eigenvalue weighted by Gasteiger charge is 2.43. The second-order valence-corrected chi connectivity index (χ2v) is 9.32. The second-order valence-electron chi connectivity index (χ2n) is 9.32. The van der Waals surface area contributed by atoms with E-state index in [9.17, 15) is 19.2 Å². The van der Waals surface area contributed by atoms with Gasteiger partial charge in [0, 0.05) is 23.6 Å². The number of nitrogens with one attached hydrogen (secondary N) is 3. The lowest BCUT2D eigenvalue weighted by Gasteiger charge is -2.34. The molecule has 42 heavy (non-hydrogen) atoms. The molecule has 0 fully saturated rings. The number of Topliss-reactive ketones (excluding diaryl/α,β-unsaturated/α-hetero) is 1. The van der Waals surface area contributed by atoms with Crippen LogP contribution in [0.15, 0.2) is 73.1 Å². The van der Waals surface area contributed by atoms with Gasteiger partial charge in [0.15, 0.2) is 11.4 Å². The fourth-order valence-electron chi connectivity index (χ4n) is 4.59. The Morgan fingerprint density at radius 2 is 1.83 bits per heavy atom. The van der Waals surface area contributed by atoms with Gasteiger partial charge in [-0.1, -0.05) is 36.4 Å². The number of rotatable bonds is 12. The molecule has 0 saturated heterocycles. The normalized spacial score (nSPS) is 12.3. The minimum Gasteiger partial charge on any atom is -0.466 e. The van der Waals surface area contributed by atoms with Gasteiger partial charge in [-0.25, -0.2) is 9.78 Å². The number of pyridine rings is 1. The molecule has 3 amide bonds. The molecule has 1 atom stereocenters. The quantitative estimate of drug-likeness (QED) is 0.114. The highest BCUT2D eigenvalue weighted by Crippen LogP contribution is 2.36. The number of nitrogens with zero attached hydrogens (tertiary/aromatic N) is 2. The Morgan fingerprint density at radius 3 is 2.57 bits per heavy atom. The third-order valence-corrected chi connectivity index (χ3v) is 6.37. The molecule has 0 aliphatic rings. The summed E-state index contributed by atoms with van der Waals surface area (Å²) in [5.41, 5.74) is 6.85. The van der Waals surface area contributed by atoms with E-state index in [1.165, 1.54) is 0 Å². The smallest absolute Gasteiger partial charge is 0.315 e. The van der Waals surface area contributed by atoms with E-state index in [1.807, 2.05) is 25.4 Å². The van der Waals surface area contributed by atoms with Gasteiger partial charge in [0.2, 0.25) is 17.4 Å². The number of esters is 1. The highest BCUT2D eigenvalue weighted by atomic mass is 16.5. The number of primary amides is 1. The van der Waals surface area contributed by atoms with Crippen molar-refractivity contribution in [3.63, 3.8) is 0 Å². The Morgan fingerprint density at radius 1 is 1.05 bits per heavy atom. The molecular formula is C30H32N6O6. The molecule has 5 N–H and O–H groups in total. The van der Waals surface area contributed by atoms with Crippen LogP contribution in [0, 0.1) is 6.92 Å². The van der Waals surface area contributed by atoms with Gasteiger partial charge in [0.05, 0.1) is 18.8 Å². The van der Waals surface area contributed by atoms with Crippen LogP contribution in [-0.2, 0) is 24.8 Å². The van der Waals surface area contributed by atoms with Crippen LogP contribution in [0.1, 0.15) is 24.6 Å². The van der Waals surface area contributed by atoms with Crippen LogP contribution in [0.2, 0.25) is 0 Å². The summed E-state index contributed by atoms with van der Waals surface area (Å²) >= 11 is 0. The summed E-state index contributed by atoms with van der Waals surface area (Å²) in [6.45, 7) is 3.26. The number of imidazole rings is 1. The first kappa shape index (κ1) is 29.7. The van der Waals surface area contributed by atoms with E-state index in [2.05, 4.69) is 20.9 Å². The van der Waals surface area contributed by atoms with Gasteiger partial charge in [-0.3, -0.25) is 19.7 Å². The third kappa shape index (κ3) is 6.56. The summed E-state index contributed by atoms with van der Waals surface area (Å²) in [4.78, 5) is 54.1. The number of amides is 3. The number of fused-ring (bicyclic) bond motifs is 1. The highest BCUT2D eigenvalue weighted by molar-refractivity contribution is 6.02. The molecule has 0 aliphatic carbocycles. The lowest BCUT2D eigenvalue weighted by atomic mass is 9.89. The van der Waals surface area contributed by atoms with Gasteiger partial charge < -0.3 is 30.2 Å². The van der Waals surface area contributed by atoms with Crippen molar-refractivity contribution in [2.75, 3.05) is 25.5 Å². The van der Waals surface area contributed by atoms with E-state index in [0.29, 0.717) is 33.8 Å². The van der Waals surface area contributed by atoms with E-state index in [1.54, 1.807) is 73.0 Å². The number of hydrogen-bond acceptors (Lipinski definition) is 8. The zero-order chi connectivity index (χ0) is 30.3. The lowest BCUT2D eigenvalue weighted by Crippen LogP contribution is -2.56. The van der Waals surface area contributed by atoms with Crippen LogP contribution < -0.4 is 26.4 Å². The summed E-state index contributed by atoms with van der Waals surface area (Å²) in [7, 11) is 1.57. The number of aryl methyl sites for hydroxylation is 1. The van der Waals surface area contributed by atoms with E-state index in [0.717, 1.165) is 5.69 Å². The van der Waals surface area contributed by atoms with Crippen LogP contribution in [-0.4, -0.2) is 53.3 Å². The summed E-state index contributed by atoms with van der Waals surface area (Å²) in [6.07, 6.45) is 3.22. The van der Waals surface area contributed by atoms with Crippen LogP contribution in [0.3, 0.4) is 0 Å². The average molecular weight is 573 g/mol. The Balaban J connectivity index is 1.79. The minimum atomic E-state index is -1.80. The number of ketones is 1. The molecule has 12 nitrogen and oxygen atoms in total. The predicted octanol–water partition coefficient (Wildman–Crippen LogP) is 2.89. The van der Waals surface area contributed by atoms with E-state index in [-0.39, 0.29) is 6.61 Å². The van der Waals surface area contributed by atoms with E-state index < -0.39 is 42.4 Å². The van der Waals surface area contributed by atoms with Crippen LogP contribution in [0.4, 0.5) is 10.5 Å². The van der Waals surface area contributed by atoms with Crippen molar-refractivity contribution in [1.29, 1.82) is 0 Å². The van der Waals surface area contributed by atoms with Gasteiger partial charge in [-0.05, 0) is 56.3 Å². The molecule has 2 heterocycles. The van der Waals surface area contributed by atoms with Gasteiger partial charge >= 0.3 is 12.0 Å². The fraction of sp³-hybridized carbons (Fsp3) is 0.233. The number of hydrogen-bond donors (Lipinski definition) is 4. The van der Waals surface area contributed by atoms with Crippen LogP contribution in [0.25, 0.3) is 16.8 Å². The molecule has 0 saturated carbocycles.